The summed E-state index contributed by atoms with van der Waals surface area (Å²) in [5.41, 5.74) is 0.982. The van der Waals surface area contributed by atoms with Crippen LogP contribution in [0, 0.1) is 0 Å². The lowest BCUT2D eigenvalue weighted by Gasteiger charge is -2.15. The van der Waals surface area contributed by atoms with E-state index in [2.05, 4.69) is 12.2 Å². The van der Waals surface area contributed by atoms with E-state index in [1.807, 2.05) is 30.3 Å². The molecule has 0 spiro atoms. The van der Waals surface area contributed by atoms with Crippen molar-refractivity contribution in [3.8, 4) is 5.75 Å². The smallest absolute Gasteiger partial charge is 0.321 e. The molecule has 2 amide bonds. The van der Waals surface area contributed by atoms with Crippen LogP contribution in [0.25, 0.3) is 6.08 Å². The number of amides is 2. The van der Waals surface area contributed by atoms with Crippen LogP contribution in [0.1, 0.15) is 25.3 Å². The van der Waals surface area contributed by atoms with Gasteiger partial charge in [0.05, 0.1) is 7.11 Å². The van der Waals surface area contributed by atoms with Crippen LogP contribution in [0.5, 0.6) is 5.75 Å². The number of benzene rings is 1. The normalized spacial score (nSPS) is 10.5. The van der Waals surface area contributed by atoms with Crippen molar-refractivity contribution in [1.82, 2.24) is 10.2 Å². The Morgan fingerprint density at radius 2 is 2.26 bits per heavy atom. The zero-order valence-electron chi connectivity index (χ0n) is 11.8. The first-order valence-corrected chi connectivity index (χ1v) is 6.49. The van der Waals surface area contributed by atoms with Gasteiger partial charge < -0.3 is 15.0 Å². The molecule has 0 fully saturated rings. The molecule has 4 heteroatoms. The van der Waals surface area contributed by atoms with Crippen LogP contribution in [0.3, 0.4) is 0 Å². The summed E-state index contributed by atoms with van der Waals surface area (Å²) in [7, 11) is 3.43. The number of ether oxygens (including phenoxy) is 1. The van der Waals surface area contributed by atoms with Crippen molar-refractivity contribution < 1.29 is 9.53 Å². The highest BCUT2D eigenvalue weighted by atomic mass is 16.5. The minimum absolute atomic E-state index is 0.0902. The molecule has 0 atom stereocenters. The Bertz CT molecular complexity index is 430. The predicted molar refractivity (Wildman–Crippen MR) is 78.1 cm³/mol. The molecule has 0 bridgehead atoms. The number of unbranched alkanes of at least 4 members (excludes halogenated alkanes) is 1. The second-order valence-electron chi connectivity index (χ2n) is 4.33. The van der Waals surface area contributed by atoms with Crippen LogP contribution >= 0.6 is 0 Å². The van der Waals surface area contributed by atoms with Gasteiger partial charge in [-0.25, -0.2) is 4.79 Å². The van der Waals surface area contributed by atoms with E-state index in [-0.39, 0.29) is 6.03 Å². The van der Waals surface area contributed by atoms with Gasteiger partial charge in [-0.15, -0.1) is 0 Å². The number of carbonyl (C=O) groups is 1. The Morgan fingerprint density at radius 1 is 1.47 bits per heavy atom. The van der Waals surface area contributed by atoms with E-state index in [9.17, 15) is 4.79 Å². The largest absolute Gasteiger partial charge is 0.497 e. The van der Waals surface area contributed by atoms with Crippen LogP contribution in [0.15, 0.2) is 30.5 Å². The van der Waals surface area contributed by atoms with E-state index in [4.69, 9.17) is 4.74 Å². The molecule has 1 aromatic rings. The lowest BCUT2D eigenvalue weighted by molar-refractivity contribution is 0.212. The fourth-order valence-corrected chi connectivity index (χ4v) is 1.56. The number of urea groups is 1. The fourth-order valence-electron chi connectivity index (χ4n) is 1.56. The van der Waals surface area contributed by atoms with Gasteiger partial charge in [0.2, 0.25) is 0 Å². The van der Waals surface area contributed by atoms with Crippen molar-refractivity contribution >= 4 is 12.1 Å². The highest BCUT2D eigenvalue weighted by Crippen LogP contribution is 2.13. The highest BCUT2D eigenvalue weighted by Gasteiger charge is 2.04. The first-order valence-electron chi connectivity index (χ1n) is 6.49. The molecular formula is C15H22N2O2. The van der Waals surface area contributed by atoms with Crippen molar-refractivity contribution in [1.29, 1.82) is 0 Å². The zero-order valence-corrected chi connectivity index (χ0v) is 11.8. The summed E-state index contributed by atoms with van der Waals surface area (Å²) in [6.07, 6.45) is 5.59. The summed E-state index contributed by atoms with van der Waals surface area (Å²) in [6, 6.07) is 7.56. The number of nitrogens with one attached hydrogen (secondary N) is 1. The minimum atomic E-state index is -0.0902. The van der Waals surface area contributed by atoms with Crippen LogP contribution in [0.4, 0.5) is 4.79 Å². The number of carbonyl (C=O) groups excluding carboxylic acids is 1. The summed E-state index contributed by atoms with van der Waals surface area (Å²) < 4.78 is 5.14. The SMILES string of the molecule is CCCCN(C)C(=O)N/C=C/c1cccc(OC)c1. The Balaban J connectivity index is 2.46. The molecular weight excluding hydrogens is 240 g/mol. The van der Waals surface area contributed by atoms with Gasteiger partial charge in [-0.1, -0.05) is 25.5 Å². The second-order valence-corrected chi connectivity index (χ2v) is 4.33. The van der Waals surface area contributed by atoms with Crippen molar-refractivity contribution in [2.75, 3.05) is 20.7 Å². The van der Waals surface area contributed by atoms with Gasteiger partial charge in [-0.3, -0.25) is 0 Å². The lowest BCUT2D eigenvalue weighted by atomic mass is 10.2. The molecule has 0 heterocycles. The molecule has 0 aliphatic carbocycles. The van der Waals surface area contributed by atoms with Gasteiger partial charge in [-0.05, 0) is 30.2 Å². The van der Waals surface area contributed by atoms with Gasteiger partial charge in [0.1, 0.15) is 5.75 Å². The summed E-state index contributed by atoms with van der Waals surface area (Å²) >= 11 is 0. The van der Waals surface area contributed by atoms with Gasteiger partial charge in [0.15, 0.2) is 0 Å². The Labute approximate surface area is 115 Å². The number of hydrogen-bond acceptors (Lipinski definition) is 2. The number of rotatable bonds is 6. The maximum Gasteiger partial charge on any atom is 0.321 e. The summed E-state index contributed by atoms with van der Waals surface area (Å²) in [5, 5.41) is 2.74. The van der Waals surface area contributed by atoms with Crippen LogP contribution < -0.4 is 10.1 Å². The standard InChI is InChI=1S/C15H22N2O2/c1-4-5-11-17(2)15(18)16-10-9-13-7-6-8-14(12-13)19-3/h6-10,12H,4-5,11H2,1-3H3,(H,16,18)/b10-9+. The summed E-state index contributed by atoms with van der Waals surface area (Å²) in [5.74, 6) is 0.800. The fraction of sp³-hybridized carbons (Fsp3) is 0.400. The molecule has 1 aromatic carbocycles. The van der Waals surface area contributed by atoms with Crippen LogP contribution in [0.2, 0.25) is 0 Å². The zero-order chi connectivity index (χ0) is 14.1. The van der Waals surface area contributed by atoms with Gasteiger partial charge in [0, 0.05) is 19.8 Å². The molecule has 0 aromatic heterocycles. The quantitative estimate of drug-likeness (QED) is 0.856. The molecule has 0 saturated heterocycles. The maximum absolute atomic E-state index is 11.7. The van der Waals surface area contributed by atoms with Gasteiger partial charge >= 0.3 is 6.03 Å². The van der Waals surface area contributed by atoms with Crippen molar-refractivity contribution in [2.45, 2.75) is 19.8 Å². The van der Waals surface area contributed by atoms with E-state index in [0.29, 0.717) is 0 Å². The molecule has 1 N–H and O–H groups in total. The first-order chi connectivity index (χ1) is 9.17. The maximum atomic E-state index is 11.7. The molecule has 1 rings (SSSR count). The predicted octanol–water partition coefficient (Wildman–Crippen LogP) is 3.11. The van der Waals surface area contributed by atoms with Crippen molar-refractivity contribution in [3.63, 3.8) is 0 Å². The molecule has 0 aliphatic heterocycles. The van der Waals surface area contributed by atoms with Crippen LogP contribution in [-0.4, -0.2) is 31.6 Å². The highest BCUT2D eigenvalue weighted by molar-refractivity contribution is 5.75. The van der Waals surface area contributed by atoms with Gasteiger partial charge in [-0.2, -0.15) is 0 Å². The van der Waals surface area contributed by atoms with Crippen molar-refractivity contribution in [3.05, 3.63) is 36.0 Å². The third-order valence-corrected chi connectivity index (χ3v) is 2.77. The lowest BCUT2D eigenvalue weighted by Crippen LogP contribution is -2.34. The molecule has 104 valence electrons. The Hall–Kier alpha value is -1.97. The Morgan fingerprint density at radius 3 is 2.95 bits per heavy atom. The first kappa shape index (κ1) is 15.1. The molecule has 0 aliphatic rings. The molecule has 0 radical (unpaired) electrons. The van der Waals surface area contributed by atoms with Gasteiger partial charge in [0.25, 0.3) is 0 Å². The average molecular weight is 262 g/mol. The van der Waals surface area contributed by atoms with E-state index >= 15 is 0 Å². The van der Waals surface area contributed by atoms with E-state index < -0.39 is 0 Å². The topological polar surface area (TPSA) is 41.6 Å². The molecule has 4 nitrogen and oxygen atoms in total. The second kappa shape index (κ2) is 8.19. The van der Waals surface area contributed by atoms with Crippen LogP contribution in [-0.2, 0) is 0 Å². The molecule has 0 unspecified atom stereocenters. The van der Waals surface area contributed by atoms with E-state index in [1.54, 1.807) is 25.3 Å². The Kier molecular flexibility index (Phi) is 6.50. The minimum Gasteiger partial charge on any atom is -0.497 e. The van der Waals surface area contributed by atoms with Crippen molar-refractivity contribution in [2.24, 2.45) is 0 Å². The third kappa shape index (κ3) is 5.46. The summed E-state index contributed by atoms with van der Waals surface area (Å²) in [6.45, 7) is 2.88. The molecule has 19 heavy (non-hydrogen) atoms. The monoisotopic (exact) mass is 262 g/mol. The number of hydrogen-bond donors (Lipinski definition) is 1. The third-order valence-electron chi connectivity index (χ3n) is 2.77. The average Bonchev–Trinajstić information content (AvgIpc) is 2.44. The number of nitrogens with zero attached hydrogens (tertiary/aromatic N) is 1. The van der Waals surface area contributed by atoms with E-state index in [1.165, 1.54) is 0 Å². The van der Waals surface area contributed by atoms with E-state index in [0.717, 1.165) is 30.7 Å². The number of methoxy groups -OCH3 is 1. The summed E-state index contributed by atoms with van der Waals surface area (Å²) in [4.78, 5) is 13.4. The molecule has 0 saturated carbocycles.